The molecule has 0 radical (unpaired) electrons. The molecule has 1 rings (SSSR count). The molecule has 1 aliphatic rings. The zero-order chi connectivity index (χ0) is 8.10. The van der Waals surface area contributed by atoms with Gasteiger partial charge in [-0.2, -0.15) is 0 Å². The number of hydrogen-bond donors (Lipinski definition) is 2. The van der Waals surface area contributed by atoms with Gasteiger partial charge in [0.05, 0.1) is 6.10 Å². The van der Waals surface area contributed by atoms with Gasteiger partial charge >= 0.3 is 0 Å². The highest BCUT2D eigenvalue weighted by atomic mass is 16.3. The molecule has 0 bridgehead atoms. The fourth-order valence-electron chi connectivity index (χ4n) is 1.90. The number of nitrogens with two attached hydrogens (primary N) is 1. The number of hydrogen-bond acceptors (Lipinski definition) is 2. The summed E-state index contributed by atoms with van der Waals surface area (Å²) in [6.45, 7) is 0.767. The Hall–Kier alpha value is -0.0800. The molecule has 0 aromatic heterocycles. The molecule has 0 heterocycles. The Balaban J connectivity index is 2.18. The SMILES string of the molecule is NCCCC1CCCCC1O. The summed E-state index contributed by atoms with van der Waals surface area (Å²) in [5.74, 6) is 0.548. The van der Waals surface area contributed by atoms with Gasteiger partial charge < -0.3 is 10.8 Å². The largest absolute Gasteiger partial charge is 0.393 e. The van der Waals surface area contributed by atoms with E-state index in [4.69, 9.17) is 5.73 Å². The maximum atomic E-state index is 9.55. The van der Waals surface area contributed by atoms with Gasteiger partial charge in [0.2, 0.25) is 0 Å². The molecule has 0 aromatic carbocycles. The Bertz CT molecular complexity index is 106. The Morgan fingerprint density at radius 3 is 2.64 bits per heavy atom. The molecule has 3 N–H and O–H groups in total. The van der Waals surface area contributed by atoms with Crippen molar-refractivity contribution < 1.29 is 5.11 Å². The lowest BCUT2D eigenvalue weighted by Gasteiger charge is -2.27. The van der Waals surface area contributed by atoms with Crippen molar-refractivity contribution in [2.24, 2.45) is 11.7 Å². The van der Waals surface area contributed by atoms with Crippen molar-refractivity contribution in [2.75, 3.05) is 6.54 Å². The van der Waals surface area contributed by atoms with Crippen LogP contribution in [0, 0.1) is 5.92 Å². The van der Waals surface area contributed by atoms with Gasteiger partial charge in [-0.3, -0.25) is 0 Å². The predicted octanol–water partition coefficient (Wildman–Crippen LogP) is 1.28. The fraction of sp³-hybridized carbons (Fsp3) is 1.00. The van der Waals surface area contributed by atoms with Gasteiger partial charge in [-0.05, 0) is 38.1 Å². The smallest absolute Gasteiger partial charge is 0.0568 e. The first-order chi connectivity index (χ1) is 5.34. The van der Waals surface area contributed by atoms with Crippen LogP contribution in [0.25, 0.3) is 0 Å². The van der Waals surface area contributed by atoms with Crippen LogP contribution in [-0.2, 0) is 0 Å². The first kappa shape index (κ1) is 9.01. The molecule has 0 amide bonds. The summed E-state index contributed by atoms with van der Waals surface area (Å²) in [5.41, 5.74) is 5.41. The molecule has 2 heteroatoms. The lowest BCUT2D eigenvalue weighted by molar-refractivity contribution is 0.0646. The van der Waals surface area contributed by atoms with Gasteiger partial charge in [0, 0.05) is 0 Å². The maximum absolute atomic E-state index is 9.55. The van der Waals surface area contributed by atoms with Crippen molar-refractivity contribution in [1.29, 1.82) is 0 Å². The van der Waals surface area contributed by atoms with Crippen LogP contribution in [-0.4, -0.2) is 17.8 Å². The molecular formula is C9H19NO. The minimum atomic E-state index is -0.0321. The molecule has 2 nitrogen and oxygen atoms in total. The Kier molecular flexibility index (Phi) is 3.87. The zero-order valence-electron chi connectivity index (χ0n) is 7.13. The van der Waals surface area contributed by atoms with Gasteiger partial charge in [0.25, 0.3) is 0 Å². The third kappa shape index (κ3) is 2.80. The van der Waals surface area contributed by atoms with Crippen molar-refractivity contribution in [3.63, 3.8) is 0 Å². The van der Waals surface area contributed by atoms with Crippen LogP contribution in [0.3, 0.4) is 0 Å². The molecule has 11 heavy (non-hydrogen) atoms. The molecule has 2 atom stereocenters. The first-order valence-electron chi connectivity index (χ1n) is 4.72. The van der Waals surface area contributed by atoms with E-state index in [1.807, 2.05) is 0 Å². The van der Waals surface area contributed by atoms with E-state index >= 15 is 0 Å². The molecule has 0 saturated heterocycles. The van der Waals surface area contributed by atoms with E-state index < -0.39 is 0 Å². The van der Waals surface area contributed by atoms with Gasteiger partial charge in [0.1, 0.15) is 0 Å². The summed E-state index contributed by atoms with van der Waals surface area (Å²) in [7, 11) is 0. The summed E-state index contributed by atoms with van der Waals surface area (Å²) >= 11 is 0. The monoisotopic (exact) mass is 157 g/mol. The first-order valence-corrected chi connectivity index (χ1v) is 4.72. The minimum absolute atomic E-state index is 0.0321. The van der Waals surface area contributed by atoms with E-state index in [0.717, 1.165) is 25.8 Å². The summed E-state index contributed by atoms with van der Waals surface area (Å²) in [5, 5.41) is 9.55. The lowest BCUT2D eigenvalue weighted by Crippen LogP contribution is -2.24. The van der Waals surface area contributed by atoms with Crippen LogP contribution in [0.2, 0.25) is 0 Å². The van der Waals surface area contributed by atoms with Crippen LogP contribution < -0.4 is 5.73 Å². The van der Waals surface area contributed by atoms with Crippen molar-refractivity contribution in [3.8, 4) is 0 Å². The van der Waals surface area contributed by atoms with Crippen LogP contribution in [0.4, 0.5) is 0 Å². The van der Waals surface area contributed by atoms with E-state index in [-0.39, 0.29) is 6.10 Å². The molecule has 0 spiro atoms. The van der Waals surface area contributed by atoms with E-state index in [0.29, 0.717) is 5.92 Å². The lowest BCUT2D eigenvalue weighted by atomic mass is 9.84. The predicted molar refractivity (Wildman–Crippen MR) is 46.3 cm³/mol. The normalized spacial score (nSPS) is 32.2. The Morgan fingerprint density at radius 1 is 1.27 bits per heavy atom. The minimum Gasteiger partial charge on any atom is -0.393 e. The number of rotatable bonds is 3. The molecule has 1 aliphatic carbocycles. The Labute approximate surface area is 68.8 Å². The van der Waals surface area contributed by atoms with E-state index in [2.05, 4.69) is 0 Å². The topological polar surface area (TPSA) is 46.2 Å². The third-order valence-corrected chi connectivity index (χ3v) is 2.65. The van der Waals surface area contributed by atoms with Gasteiger partial charge in [0.15, 0.2) is 0 Å². The summed E-state index contributed by atoms with van der Waals surface area (Å²) in [6, 6.07) is 0. The van der Waals surface area contributed by atoms with Gasteiger partial charge in [-0.1, -0.05) is 12.8 Å². The molecule has 0 aromatic rings. The number of aliphatic hydroxyl groups excluding tert-OH is 1. The highest BCUT2D eigenvalue weighted by molar-refractivity contribution is 4.74. The average Bonchev–Trinajstić information content (AvgIpc) is 2.03. The summed E-state index contributed by atoms with van der Waals surface area (Å²) in [4.78, 5) is 0. The van der Waals surface area contributed by atoms with Crippen molar-refractivity contribution in [2.45, 2.75) is 44.6 Å². The second-order valence-electron chi connectivity index (χ2n) is 3.54. The number of aliphatic hydroxyl groups is 1. The van der Waals surface area contributed by atoms with Gasteiger partial charge in [-0.25, -0.2) is 0 Å². The van der Waals surface area contributed by atoms with Crippen LogP contribution in [0.1, 0.15) is 38.5 Å². The van der Waals surface area contributed by atoms with Crippen molar-refractivity contribution >= 4 is 0 Å². The van der Waals surface area contributed by atoms with Crippen LogP contribution in [0.5, 0.6) is 0 Å². The van der Waals surface area contributed by atoms with E-state index in [1.54, 1.807) is 0 Å². The van der Waals surface area contributed by atoms with Crippen LogP contribution >= 0.6 is 0 Å². The van der Waals surface area contributed by atoms with E-state index in [1.165, 1.54) is 19.3 Å². The van der Waals surface area contributed by atoms with E-state index in [9.17, 15) is 5.11 Å². The second kappa shape index (κ2) is 4.73. The zero-order valence-corrected chi connectivity index (χ0v) is 7.13. The summed E-state index contributed by atoms with van der Waals surface area (Å²) in [6.07, 6.45) is 6.89. The molecular weight excluding hydrogens is 138 g/mol. The van der Waals surface area contributed by atoms with Crippen LogP contribution in [0.15, 0.2) is 0 Å². The van der Waals surface area contributed by atoms with Gasteiger partial charge in [-0.15, -0.1) is 0 Å². The third-order valence-electron chi connectivity index (χ3n) is 2.65. The highest BCUT2D eigenvalue weighted by Crippen LogP contribution is 2.27. The molecule has 0 aliphatic heterocycles. The standard InChI is InChI=1S/C9H19NO/c10-7-3-5-8-4-1-2-6-9(8)11/h8-9,11H,1-7,10H2. The summed E-state index contributed by atoms with van der Waals surface area (Å²) < 4.78 is 0. The van der Waals surface area contributed by atoms with Crippen molar-refractivity contribution in [1.82, 2.24) is 0 Å². The highest BCUT2D eigenvalue weighted by Gasteiger charge is 2.21. The molecule has 1 saturated carbocycles. The maximum Gasteiger partial charge on any atom is 0.0568 e. The van der Waals surface area contributed by atoms with Crippen molar-refractivity contribution in [3.05, 3.63) is 0 Å². The Morgan fingerprint density at radius 2 is 2.00 bits per heavy atom. The quantitative estimate of drug-likeness (QED) is 0.648. The second-order valence-corrected chi connectivity index (χ2v) is 3.54. The molecule has 66 valence electrons. The average molecular weight is 157 g/mol. The fourth-order valence-corrected chi connectivity index (χ4v) is 1.90. The molecule has 1 fully saturated rings. The molecule has 2 unspecified atom stereocenters.